The van der Waals surface area contributed by atoms with Gasteiger partial charge in [0.15, 0.2) is 0 Å². The zero-order valence-corrected chi connectivity index (χ0v) is 40.5. The second-order valence-corrected chi connectivity index (χ2v) is 18.7. The molecule has 0 saturated heterocycles. The average molecular weight is 942 g/mol. The highest BCUT2D eigenvalue weighted by molar-refractivity contribution is 6.14. The first-order valence-electron chi connectivity index (χ1n) is 25.1. The summed E-state index contributed by atoms with van der Waals surface area (Å²) in [6.07, 6.45) is 5.59. The van der Waals surface area contributed by atoms with Crippen LogP contribution in [0.4, 0.5) is 0 Å². The fourth-order valence-electron chi connectivity index (χ4n) is 10.7. The lowest BCUT2D eigenvalue weighted by Crippen LogP contribution is -1.94. The predicted octanol–water partition coefficient (Wildman–Crippen LogP) is 18.8. The number of pyridine rings is 3. The maximum Gasteiger partial charge on any atom is 0.0780 e. The monoisotopic (exact) mass is 941 g/mol. The molecule has 0 bridgehead atoms. The van der Waals surface area contributed by atoms with Crippen molar-refractivity contribution in [2.75, 3.05) is 0 Å². The summed E-state index contributed by atoms with van der Waals surface area (Å²) in [4.78, 5) is 14.2. The Morgan fingerprint density at radius 1 is 0.203 bits per heavy atom. The van der Waals surface area contributed by atoms with Crippen LogP contribution in [0.25, 0.3) is 133 Å². The van der Waals surface area contributed by atoms with Crippen molar-refractivity contribution in [3.63, 3.8) is 0 Å². The lowest BCUT2D eigenvalue weighted by atomic mass is 9.83. The largest absolute Gasteiger partial charge is 0.256 e. The minimum Gasteiger partial charge on any atom is -0.256 e. The third-order valence-electron chi connectivity index (χ3n) is 14.3. The molecule has 0 atom stereocenters. The molecule has 0 fully saturated rings. The SMILES string of the molecule is c1ccc(-c2ccc(-c3c(-c4ccccc4-c4cc(-c5ccccc5-c5ccc(-c6ccccn6)cc5)cc(-c5ccccc5-c5ccc(-c6ccccn6)cc5)c4)ccc4c3ccc3cccnc34)cc2)cc1. The highest BCUT2D eigenvalue weighted by Crippen LogP contribution is 2.46. The lowest BCUT2D eigenvalue weighted by molar-refractivity contribution is 1.33. The van der Waals surface area contributed by atoms with Gasteiger partial charge in [0.05, 0.1) is 16.9 Å². The molecule has 0 saturated carbocycles. The van der Waals surface area contributed by atoms with Crippen molar-refractivity contribution < 1.29 is 0 Å². The van der Waals surface area contributed by atoms with E-state index in [2.05, 4.69) is 247 Å². The molecule has 74 heavy (non-hydrogen) atoms. The van der Waals surface area contributed by atoms with Gasteiger partial charge in [-0.25, -0.2) is 0 Å². The lowest BCUT2D eigenvalue weighted by Gasteiger charge is -2.20. The van der Waals surface area contributed by atoms with Gasteiger partial charge >= 0.3 is 0 Å². The fourth-order valence-corrected chi connectivity index (χ4v) is 10.7. The molecule has 346 valence electrons. The Bertz CT molecular complexity index is 3990. The van der Waals surface area contributed by atoms with Crippen molar-refractivity contribution in [3.8, 4) is 112 Å². The summed E-state index contributed by atoms with van der Waals surface area (Å²) in [6.45, 7) is 0. The maximum atomic E-state index is 4.93. The smallest absolute Gasteiger partial charge is 0.0780 e. The first-order valence-corrected chi connectivity index (χ1v) is 25.1. The Labute approximate surface area is 431 Å². The number of aromatic nitrogens is 3. The Kier molecular flexibility index (Phi) is 11.6. The van der Waals surface area contributed by atoms with E-state index in [9.17, 15) is 0 Å². The van der Waals surface area contributed by atoms with Crippen LogP contribution in [0.2, 0.25) is 0 Å². The van der Waals surface area contributed by atoms with E-state index >= 15 is 0 Å². The molecule has 0 amide bonds. The quantitative estimate of drug-likeness (QED) is 0.128. The van der Waals surface area contributed by atoms with Crippen LogP contribution in [0.15, 0.2) is 286 Å². The van der Waals surface area contributed by atoms with E-state index in [0.29, 0.717) is 0 Å². The second-order valence-electron chi connectivity index (χ2n) is 18.7. The molecule has 3 aromatic heterocycles. The molecule has 0 unspecified atom stereocenters. The van der Waals surface area contributed by atoms with Crippen molar-refractivity contribution >= 4 is 21.7 Å². The third kappa shape index (κ3) is 8.42. The first kappa shape index (κ1) is 44.1. The van der Waals surface area contributed by atoms with E-state index in [-0.39, 0.29) is 0 Å². The standard InChI is InChI=1S/C71H47N3/c1-2-15-48(16-3-1)49-26-36-54(37-27-49)70-65(40-41-67-66(70)39-38-55-17-14-44-74-71(55)67)64-23-9-8-22-63(64)58-46-56(61-20-6-4-18-59(61)50-28-32-52(33-29-50)68-24-10-12-42-72-68)45-57(47-58)62-21-7-5-19-60(62)51-30-34-53(35-31-51)69-25-11-13-43-73-69/h1-47H. The summed E-state index contributed by atoms with van der Waals surface area (Å²) in [5.41, 5.74) is 23.5. The van der Waals surface area contributed by atoms with Gasteiger partial charge in [-0.1, -0.05) is 218 Å². The van der Waals surface area contributed by atoms with Crippen LogP contribution < -0.4 is 0 Å². The predicted molar refractivity (Wildman–Crippen MR) is 309 cm³/mol. The fraction of sp³-hybridized carbons (Fsp3) is 0. The Balaban J connectivity index is 1.01. The summed E-state index contributed by atoms with van der Waals surface area (Å²) in [5, 5.41) is 3.42. The van der Waals surface area contributed by atoms with Gasteiger partial charge in [-0.05, 0) is 143 Å². The topological polar surface area (TPSA) is 38.7 Å². The van der Waals surface area contributed by atoms with Crippen LogP contribution in [0.5, 0.6) is 0 Å². The molecule has 3 heterocycles. The second kappa shape index (κ2) is 19.4. The highest BCUT2D eigenvalue weighted by atomic mass is 14.7. The Hall–Kier alpha value is -9.83. The van der Waals surface area contributed by atoms with Gasteiger partial charge < -0.3 is 0 Å². The number of benzene rings is 10. The van der Waals surface area contributed by atoms with Crippen molar-refractivity contribution in [1.82, 2.24) is 15.0 Å². The highest BCUT2D eigenvalue weighted by Gasteiger charge is 2.20. The molecule has 10 aromatic carbocycles. The summed E-state index contributed by atoms with van der Waals surface area (Å²) < 4.78 is 0. The van der Waals surface area contributed by atoms with Crippen LogP contribution in [0.1, 0.15) is 0 Å². The van der Waals surface area contributed by atoms with Crippen molar-refractivity contribution in [2.24, 2.45) is 0 Å². The molecule has 3 heteroatoms. The van der Waals surface area contributed by atoms with E-state index in [0.717, 1.165) is 117 Å². The van der Waals surface area contributed by atoms with Gasteiger partial charge in [-0.3, -0.25) is 15.0 Å². The zero-order valence-electron chi connectivity index (χ0n) is 40.5. The molecule has 13 rings (SSSR count). The van der Waals surface area contributed by atoms with Crippen molar-refractivity contribution in [2.45, 2.75) is 0 Å². The molecule has 0 spiro atoms. The molecule has 0 radical (unpaired) electrons. The normalized spacial score (nSPS) is 11.2. The summed E-state index contributed by atoms with van der Waals surface area (Å²) in [7, 11) is 0. The number of hydrogen-bond donors (Lipinski definition) is 0. The third-order valence-corrected chi connectivity index (χ3v) is 14.3. The number of hydrogen-bond acceptors (Lipinski definition) is 3. The molecule has 0 aliphatic heterocycles. The minimum atomic E-state index is 0.956. The summed E-state index contributed by atoms with van der Waals surface area (Å²) in [5.74, 6) is 0. The van der Waals surface area contributed by atoms with Crippen LogP contribution in [-0.4, -0.2) is 15.0 Å². The van der Waals surface area contributed by atoms with Crippen LogP contribution in [0.3, 0.4) is 0 Å². The number of fused-ring (bicyclic) bond motifs is 3. The number of rotatable bonds is 10. The van der Waals surface area contributed by atoms with Crippen LogP contribution in [0, 0.1) is 0 Å². The van der Waals surface area contributed by atoms with E-state index < -0.39 is 0 Å². The van der Waals surface area contributed by atoms with Gasteiger partial charge in [0, 0.05) is 40.5 Å². The van der Waals surface area contributed by atoms with Crippen LogP contribution in [-0.2, 0) is 0 Å². The minimum absolute atomic E-state index is 0.956. The number of nitrogens with zero attached hydrogens (tertiary/aromatic N) is 3. The Morgan fingerprint density at radius 3 is 1.14 bits per heavy atom. The van der Waals surface area contributed by atoms with Crippen molar-refractivity contribution in [3.05, 3.63) is 286 Å². The Morgan fingerprint density at radius 2 is 0.608 bits per heavy atom. The van der Waals surface area contributed by atoms with Crippen molar-refractivity contribution in [1.29, 1.82) is 0 Å². The van der Waals surface area contributed by atoms with Gasteiger partial charge in [0.1, 0.15) is 0 Å². The molecule has 13 aromatic rings. The zero-order chi connectivity index (χ0) is 49.2. The first-order chi connectivity index (χ1) is 36.7. The van der Waals surface area contributed by atoms with Gasteiger partial charge in [0.25, 0.3) is 0 Å². The van der Waals surface area contributed by atoms with E-state index in [4.69, 9.17) is 4.98 Å². The van der Waals surface area contributed by atoms with E-state index in [1.54, 1.807) is 0 Å². The van der Waals surface area contributed by atoms with Gasteiger partial charge in [0.2, 0.25) is 0 Å². The van der Waals surface area contributed by atoms with E-state index in [1.807, 2.05) is 48.9 Å². The molecule has 0 N–H and O–H groups in total. The molecule has 0 aliphatic rings. The molecule has 0 aliphatic carbocycles. The van der Waals surface area contributed by atoms with Crippen LogP contribution >= 0.6 is 0 Å². The molecule has 3 nitrogen and oxygen atoms in total. The van der Waals surface area contributed by atoms with Gasteiger partial charge in [-0.2, -0.15) is 0 Å². The summed E-state index contributed by atoms with van der Waals surface area (Å²) in [6, 6.07) is 96.3. The van der Waals surface area contributed by atoms with E-state index in [1.165, 1.54) is 16.7 Å². The molecular weight excluding hydrogens is 895 g/mol. The maximum absolute atomic E-state index is 4.93. The average Bonchev–Trinajstić information content (AvgIpc) is 3.50. The van der Waals surface area contributed by atoms with Gasteiger partial charge in [-0.15, -0.1) is 0 Å². The summed E-state index contributed by atoms with van der Waals surface area (Å²) >= 11 is 0. The molecular formula is C71H47N3.